The van der Waals surface area contributed by atoms with Crippen LogP contribution in [0.25, 0.3) is 0 Å². The van der Waals surface area contributed by atoms with E-state index < -0.39 is 6.10 Å². The summed E-state index contributed by atoms with van der Waals surface area (Å²) in [6.07, 6.45) is 63.9. The molecule has 0 amide bonds. The molecule has 0 saturated carbocycles. The lowest BCUT2D eigenvalue weighted by Crippen LogP contribution is -2.30. The van der Waals surface area contributed by atoms with Gasteiger partial charge in [0.05, 0.1) is 0 Å². The Morgan fingerprint density at radius 2 is 0.397 bits per heavy atom. The molecular weight excluding hydrogens is 901 g/mol. The Morgan fingerprint density at radius 3 is 0.589 bits per heavy atom. The number of ether oxygens (including phenoxy) is 3. The lowest BCUT2D eigenvalue weighted by atomic mass is 10.0. The molecule has 0 saturated heterocycles. The highest BCUT2D eigenvalue weighted by molar-refractivity contribution is 5.71. The molecule has 0 rings (SSSR count). The lowest BCUT2D eigenvalue weighted by molar-refractivity contribution is -0.167. The van der Waals surface area contributed by atoms with Crippen LogP contribution in [0.4, 0.5) is 0 Å². The zero-order chi connectivity index (χ0) is 53.3. The smallest absolute Gasteiger partial charge is 0.306 e. The molecule has 1 atom stereocenters. The predicted octanol–water partition coefficient (Wildman–Crippen LogP) is 22.2. The number of rotatable bonds is 60. The highest BCUT2D eigenvalue weighted by atomic mass is 16.6. The van der Waals surface area contributed by atoms with Gasteiger partial charge in [0.1, 0.15) is 13.2 Å². The van der Waals surface area contributed by atoms with Crippen LogP contribution in [0.5, 0.6) is 0 Å². The summed E-state index contributed by atoms with van der Waals surface area (Å²) in [5.74, 6) is 1.71. The first-order chi connectivity index (χ1) is 35.6. The fourth-order valence-electron chi connectivity index (χ4n) is 10.4. The second-order valence-electron chi connectivity index (χ2n) is 24.5. The molecule has 73 heavy (non-hydrogen) atoms. The van der Waals surface area contributed by atoms with Crippen molar-refractivity contribution in [3.63, 3.8) is 0 Å². The maximum Gasteiger partial charge on any atom is 0.306 e. The average molecular weight is 1030 g/mol. The van der Waals surface area contributed by atoms with E-state index in [1.165, 1.54) is 257 Å². The molecule has 0 aliphatic carbocycles. The average Bonchev–Trinajstić information content (AvgIpc) is 3.35. The van der Waals surface area contributed by atoms with Crippen LogP contribution in [0.15, 0.2) is 0 Å². The predicted molar refractivity (Wildman–Crippen MR) is 316 cm³/mol. The normalized spacial score (nSPS) is 12.1. The van der Waals surface area contributed by atoms with E-state index in [9.17, 15) is 14.4 Å². The fourth-order valence-corrected chi connectivity index (χ4v) is 10.4. The molecule has 6 nitrogen and oxygen atoms in total. The Bertz CT molecular complexity index is 1130. The summed E-state index contributed by atoms with van der Waals surface area (Å²) in [6, 6.07) is 0. The van der Waals surface area contributed by atoms with Crippen molar-refractivity contribution in [2.24, 2.45) is 17.8 Å². The van der Waals surface area contributed by atoms with Crippen molar-refractivity contribution in [2.75, 3.05) is 13.2 Å². The summed E-state index contributed by atoms with van der Waals surface area (Å²) in [4.78, 5) is 38.4. The van der Waals surface area contributed by atoms with Crippen LogP contribution in [-0.2, 0) is 28.6 Å². The molecule has 0 N–H and O–H groups in total. The molecule has 6 heteroatoms. The van der Waals surface area contributed by atoms with Gasteiger partial charge in [-0.25, -0.2) is 0 Å². The van der Waals surface area contributed by atoms with E-state index in [0.717, 1.165) is 75.5 Å². The van der Waals surface area contributed by atoms with Crippen molar-refractivity contribution in [3.8, 4) is 0 Å². The van der Waals surface area contributed by atoms with Crippen molar-refractivity contribution >= 4 is 17.9 Å². The number of carbonyl (C=O) groups excluding carboxylic acids is 3. The molecule has 0 spiro atoms. The molecule has 0 aromatic rings. The second kappa shape index (κ2) is 58.1. The second-order valence-corrected chi connectivity index (χ2v) is 24.5. The molecule has 0 heterocycles. The van der Waals surface area contributed by atoms with Crippen LogP contribution in [0.1, 0.15) is 375 Å². The van der Waals surface area contributed by atoms with E-state index in [2.05, 4.69) is 41.5 Å². The van der Waals surface area contributed by atoms with Crippen LogP contribution < -0.4 is 0 Å². The lowest BCUT2D eigenvalue weighted by Gasteiger charge is -2.18. The third-order valence-electron chi connectivity index (χ3n) is 15.4. The van der Waals surface area contributed by atoms with Crippen molar-refractivity contribution in [1.29, 1.82) is 0 Å². The summed E-state index contributed by atoms with van der Waals surface area (Å²) in [7, 11) is 0. The van der Waals surface area contributed by atoms with Crippen molar-refractivity contribution in [1.82, 2.24) is 0 Å². The topological polar surface area (TPSA) is 78.9 Å². The summed E-state index contributed by atoms with van der Waals surface area (Å²) in [6.45, 7) is 13.8. The first-order valence-corrected chi connectivity index (χ1v) is 33.1. The molecule has 0 unspecified atom stereocenters. The minimum Gasteiger partial charge on any atom is -0.462 e. The van der Waals surface area contributed by atoms with Crippen molar-refractivity contribution < 1.29 is 28.6 Å². The standard InChI is InChI=1S/C67H130O6/c1-61(2)53-47-41-35-29-23-17-13-9-7-8-10-16-20-28-34-40-46-52-58-67(70)73-64(60-72-66(69)57-51-45-39-33-27-22-21-25-31-37-43-49-55-63(5)6)59-71-65(68)56-50-44-38-32-26-19-15-12-11-14-18-24-30-36-42-48-54-62(3)4/h61-64H,7-60H2,1-6H3/t64-/m1/s1. The Hall–Kier alpha value is -1.59. The van der Waals surface area contributed by atoms with Gasteiger partial charge in [0, 0.05) is 19.3 Å². The van der Waals surface area contributed by atoms with Gasteiger partial charge in [-0.2, -0.15) is 0 Å². The van der Waals surface area contributed by atoms with Gasteiger partial charge < -0.3 is 14.2 Å². The number of carbonyl (C=O) groups is 3. The van der Waals surface area contributed by atoms with E-state index in [0.29, 0.717) is 19.3 Å². The molecule has 0 aromatic carbocycles. The van der Waals surface area contributed by atoms with Gasteiger partial charge >= 0.3 is 17.9 Å². The third-order valence-corrected chi connectivity index (χ3v) is 15.4. The maximum absolute atomic E-state index is 12.9. The highest BCUT2D eigenvalue weighted by Gasteiger charge is 2.19. The van der Waals surface area contributed by atoms with E-state index in [4.69, 9.17) is 14.2 Å². The van der Waals surface area contributed by atoms with Gasteiger partial charge in [-0.3, -0.25) is 14.4 Å². The minimum atomic E-state index is -0.765. The van der Waals surface area contributed by atoms with Gasteiger partial charge in [-0.1, -0.05) is 337 Å². The van der Waals surface area contributed by atoms with Crippen molar-refractivity contribution in [2.45, 2.75) is 382 Å². The summed E-state index contributed by atoms with van der Waals surface area (Å²) in [5.41, 5.74) is 0. The third kappa shape index (κ3) is 61.1. The Kier molecular flexibility index (Phi) is 56.8. The first kappa shape index (κ1) is 71.4. The van der Waals surface area contributed by atoms with Gasteiger partial charge in [-0.05, 0) is 37.0 Å². The van der Waals surface area contributed by atoms with Gasteiger partial charge in [0.25, 0.3) is 0 Å². The van der Waals surface area contributed by atoms with E-state index in [1.807, 2.05) is 0 Å². The molecule has 0 bridgehead atoms. The van der Waals surface area contributed by atoms with Crippen LogP contribution >= 0.6 is 0 Å². The first-order valence-electron chi connectivity index (χ1n) is 33.1. The monoisotopic (exact) mass is 1030 g/mol. The largest absolute Gasteiger partial charge is 0.462 e. The number of hydrogen-bond acceptors (Lipinski definition) is 6. The highest BCUT2D eigenvalue weighted by Crippen LogP contribution is 2.19. The number of hydrogen-bond donors (Lipinski definition) is 0. The van der Waals surface area contributed by atoms with Gasteiger partial charge in [-0.15, -0.1) is 0 Å². The quantitative estimate of drug-likeness (QED) is 0.0343. The molecule has 0 aliphatic heterocycles. The summed E-state index contributed by atoms with van der Waals surface area (Å²) >= 11 is 0. The number of unbranched alkanes of at least 4 members (excludes halogenated alkanes) is 43. The van der Waals surface area contributed by atoms with Crippen LogP contribution in [0, 0.1) is 17.8 Å². The van der Waals surface area contributed by atoms with Crippen LogP contribution in [0.3, 0.4) is 0 Å². The molecule has 0 aromatic heterocycles. The zero-order valence-corrected chi connectivity index (χ0v) is 50.4. The number of esters is 3. The van der Waals surface area contributed by atoms with Gasteiger partial charge in [0.15, 0.2) is 6.10 Å². The molecule has 0 fully saturated rings. The van der Waals surface area contributed by atoms with E-state index >= 15 is 0 Å². The Balaban J connectivity index is 4.27. The molecule has 0 radical (unpaired) electrons. The zero-order valence-electron chi connectivity index (χ0n) is 50.4. The van der Waals surface area contributed by atoms with Crippen LogP contribution in [-0.4, -0.2) is 37.2 Å². The fraction of sp³-hybridized carbons (Fsp3) is 0.955. The van der Waals surface area contributed by atoms with Crippen molar-refractivity contribution in [3.05, 3.63) is 0 Å². The molecule has 434 valence electrons. The van der Waals surface area contributed by atoms with E-state index in [-0.39, 0.29) is 31.1 Å². The Labute approximate surface area is 457 Å². The molecule has 0 aliphatic rings. The summed E-state index contributed by atoms with van der Waals surface area (Å²) in [5, 5.41) is 0. The summed E-state index contributed by atoms with van der Waals surface area (Å²) < 4.78 is 17.0. The van der Waals surface area contributed by atoms with Crippen LogP contribution in [0.2, 0.25) is 0 Å². The Morgan fingerprint density at radius 1 is 0.233 bits per heavy atom. The van der Waals surface area contributed by atoms with E-state index in [1.54, 1.807) is 0 Å². The van der Waals surface area contributed by atoms with Gasteiger partial charge in [0.2, 0.25) is 0 Å². The SMILES string of the molecule is CC(C)CCCCCCCCCCCCCCCCCCCCC(=O)O[C@H](COC(=O)CCCCCCCCCCCCCCCCCCC(C)C)COC(=O)CCCCCCCCCCCCCCC(C)C. The maximum atomic E-state index is 12.9. The molecular formula is C67H130O6. The minimum absolute atomic E-state index is 0.0623.